The van der Waals surface area contributed by atoms with Crippen LogP contribution in [-0.2, 0) is 0 Å². The van der Waals surface area contributed by atoms with Crippen molar-refractivity contribution in [3.63, 3.8) is 0 Å². The first kappa shape index (κ1) is 22.4. The predicted molar refractivity (Wildman–Crippen MR) is 126 cm³/mol. The third-order valence-corrected chi connectivity index (χ3v) is 6.73. The number of aliphatic hydroxyl groups excluding tert-OH is 1. The molecule has 2 atom stereocenters. The topological polar surface area (TPSA) is 66.2 Å². The fraction of sp³-hybridized carbons (Fsp3) is 0.440. The molecule has 2 aliphatic rings. The molecule has 2 N–H and O–H groups in total. The van der Waals surface area contributed by atoms with Gasteiger partial charge < -0.3 is 20.1 Å². The van der Waals surface area contributed by atoms with Crippen molar-refractivity contribution in [2.75, 3.05) is 24.6 Å². The van der Waals surface area contributed by atoms with Gasteiger partial charge in [-0.05, 0) is 68.0 Å². The van der Waals surface area contributed by atoms with E-state index in [1.807, 2.05) is 24.3 Å². The van der Waals surface area contributed by atoms with Crippen molar-refractivity contribution in [3.05, 3.63) is 64.5 Å². The second-order valence-electron chi connectivity index (χ2n) is 8.61. The molecule has 6 nitrogen and oxygen atoms in total. The van der Waals surface area contributed by atoms with Gasteiger partial charge in [0.25, 0.3) is 5.91 Å². The molecule has 32 heavy (non-hydrogen) atoms. The number of halogens is 1. The van der Waals surface area contributed by atoms with Crippen LogP contribution in [0.2, 0.25) is 5.02 Å². The molecule has 0 radical (unpaired) electrons. The smallest absolute Gasteiger partial charge is 0.251 e. The van der Waals surface area contributed by atoms with Crippen molar-refractivity contribution in [2.45, 2.75) is 44.2 Å². The zero-order chi connectivity index (χ0) is 22.5. The Morgan fingerprint density at radius 2 is 1.91 bits per heavy atom. The molecule has 1 aliphatic heterocycles. The molecule has 0 bridgehead atoms. The molecule has 1 saturated heterocycles. The summed E-state index contributed by atoms with van der Waals surface area (Å²) in [5, 5.41) is 12.8. The third-order valence-electron chi connectivity index (χ3n) is 6.43. The Balaban J connectivity index is 1.27. The van der Waals surface area contributed by atoms with Crippen LogP contribution in [0.15, 0.2) is 42.5 Å². The Hall–Kier alpha value is -2.75. The minimum atomic E-state index is -0.0642. The fourth-order valence-electron chi connectivity index (χ4n) is 4.49. The van der Waals surface area contributed by atoms with Crippen LogP contribution in [-0.4, -0.2) is 42.9 Å². The van der Waals surface area contributed by atoms with Crippen molar-refractivity contribution in [2.24, 2.45) is 5.92 Å². The molecule has 2 fully saturated rings. The van der Waals surface area contributed by atoms with Gasteiger partial charge in [-0.1, -0.05) is 17.7 Å². The number of hydrogen-bond donors (Lipinski definition) is 2. The molecule has 168 valence electrons. The van der Waals surface area contributed by atoms with Gasteiger partial charge in [-0.3, -0.25) is 4.79 Å². The molecule has 2 aromatic rings. The lowest BCUT2D eigenvalue weighted by Crippen LogP contribution is -2.35. The van der Waals surface area contributed by atoms with Gasteiger partial charge in [-0.15, -0.1) is 0 Å². The van der Waals surface area contributed by atoms with E-state index < -0.39 is 0 Å². The molecule has 0 spiro atoms. The lowest BCUT2D eigenvalue weighted by Gasteiger charge is -2.32. The number of carbonyl (C=O) groups is 1. The van der Waals surface area contributed by atoms with Gasteiger partial charge in [0.15, 0.2) is 0 Å². The molecule has 7 heteroatoms. The number of anilines is 1. The molecular weight excluding hydrogens is 426 g/mol. The predicted octanol–water partition coefficient (Wildman–Crippen LogP) is 4.83. The SMILES string of the molecule is [C-]#[N+]c1ccc(O[C@H]2CC[C@H](NC(=O)c3ccc(N4CCC(CO)CC4)cc3)C2)cc1Cl. The van der Waals surface area contributed by atoms with Crippen LogP contribution < -0.4 is 15.0 Å². The normalized spacial score (nSPS) is 21.2. The van der Waals surface area contributed by atoms with Crippen LogP contribution >= 0.6 is 11.6 Å². The average molecular weight is 454 g/mol. The van der Waals surface area contributed by atoms with Gasteiger partial charge >= 0.3 is 0 Å². The summed E-state index contributed by atoms with van der Waals surface area (Å²) >= 11 is 6.09. The van der Waals surface area contributed by atoms with Gasteiger partial charge in [-0.25, -0.2) is 4.85 Å². The first-order valence-corrected chi connectivity index (χ1v) is 11.5. The largest absolute Gasteiger partial charge is 0.490 e. The highest BCUT2D eigenvalue weighted by molar-refractivity contribution is 6.33. The maximum Gasteiger partial charge on any atom is 0.251 e. The first-order valence-electron chi connectivity index (χ1n) is 11.2. The summed E-state index contributed by atoms with van der Waals surface area (Å²) in [7, 11) is 0. The molecule has 0 aromatic heterocycles. The zero-order valence-corrected chi connectivity index (χ0v) is 18.7. The van der Waals surface area contributed by atoms with Crippen molar-refractivity contribution in [3.8, 4) is 5.75 Å². The lowest BCUT2D eigenvalue weighted by atomic mass is 9.97. The number of hydrogen-bond acceptors (Lipinski definition) is 4. The average Bonchev–Trinajstić information content (AvgIpc) is 3.26. The van der Waals surface area contributed by atoms with E-state index in [0.717, 1.165) is 50.9 Å². The number of amides is 1. The molecule has 0 unspecified atom stereocenters. The van der Waals surface area contributed by atoms with E-state index >= 15 is 0 Å². The van der Waals surface area contributed by atoms with Gasteiger partial charge in [0.2, 0.25) is 5.69 Å². The van der Waals surface area contributed by atoms with Gasteiger partial charge in [0, 0.05) is 43.4 Å². The maximum atomic E-state index is 12.7. The molecular formula is C25H28ClN3O3. The van der Waals surface area contributed by atoms with E-state index in [9.17, 15) is 9.90 Å². The fourth-order valence-corrected chi connectivity index (χ4v) is 4.70. The summed E-state index contributed by atoms with van der Waals surface area (Å²) in [5.74, 6) is 0.995. The van der Waals surface area contributed by atoms with Crippen LogP contribution in [0.25, 0.3) is 4.85 Å². The summed E-state index contributed by atoms with van der Waals surface area (Å²) in [4.78, 5) is 18.4. The second-order valence-corrected chi connectivity index (χ2v) is 9.02. The molecule has 1 amide bonds. The van der Waals surface area contributed by atoms with Gasteiger partial charge in [0.05, 0.1) is 11.6 Å². The van der Waals surface area contributed by atoms with Crippen LogP contribution in [0.5, 0.6) is 5.75 Å². The number of carbonyl (C=O) groups excluding carboxylic acids is 1. The molecule has 2 aromatic carbocycles. The van der Waals surface area contributed by atoms with E-state index in [1.165, 1.54) is 0 Å². The van der Waals surface area contributed by atoms with E-state index in [0.29, 0.717) is 27.9 Å². The van der Waals surface area contributed by atoms with Crippen molar-refractivity contribution in [1.82, 2.24) is 5.32 Å². The van der Waals surface area contributed by atoms with E-state index in [1.54, 1.807) is 18.2 Å². The highest BCUT2D eigenvalue weighted by Crippen LogP contribution is 2.32. The third kappa shape index (κ3) is 5.35. The standard InChI is InChI=1S/C25H28ClN3O3/c1-27-24-9-8-22(15-23(24)26)32-21-7-4-19(14-21)28-25(31)18-2-5-20(6-3-18)29-12-10-17(16-30)11-13-29/h2-3,5-6,8-9,15,17,19,21,30H,4,7,10-14,16H2,(H,28,31)/t19-,21-/m0/s1. The highest BCUT2D eigenvalue weighted by atomic mass is 35.5. The summed E-state index contributed by atoms with van der Waals surface area (Å²) in [6.07, 6.45) is 4.47. The number of nitrogens with zero attached hydrogens (tertiary/aromatic N) is 2. The Morgan fingerprint density at radius 3 is 2.56 bits per heavy atom. The van der Waals surface area contributed by atoms with Crippen LogP contribution in [0.1, 0.15) is 42.5 Å². The summed E-state index contributed by atoms with van der Waals surface area (Å²) < 4.78 is 6.01. The van der Waals surface area contributed by atoms with E-state index in [2.05, 4.69) is 15.1 Å². The van der Waals surface area contributed by atoms with E-state index in [-0.39, 0.29) is 24.7 Å². The quantitative estimate of drug-likeness (QED) is 0.615. The number of piperidine rings is 1. The monoisotopic (exact) mass is 453 g/mol. The van der Waals surface area contributed by atoms with Crippen molar-refractivity contribution < 1.29 is 14.6 Å². The Labute approximate surface area is 194 Å². The Kier molecular flexibility index (Phi) is 7.19. The minimum absolute atomic E-state index is 0.0133. The van der Waals surface area contributed by atoms with E-state index in [4.69, 9.17) is 22.9 Å². The number of ether oxygens (including phenoxy) is 1. The van der Waals surface area contributed by atoms with Crippen molar-refractivity contribution >= 4 is 28.9 Å². The summed E-state index contributed by atoms with van der Waals surface area (Å²) in [6.45, 7) is 9.21. The number of rotatable bonds is 6. The molecule has 1 saturated carbocycles. The maximum absolute atomic E-state index is 12.7. The van der Waals surface area contributed by atoms with Gasteiger partial charge in [-0.2, -0.15) is 0 Å². The zero-order valence-electron chi connectivity index (χ0n) is 18.0. The highest BCUT2D eigenvalue weighted by Gasteiger charge is 2.28. The lowest BCUT2D eigenvalue weighted by molar-refractivity contribution is 0.0935. The summed E-state index contributed by atoms with van der Waals surface area (Å²) in [6, 6.07) is 12.9. The number of aliphatic hydroxyl groups is 1. The number of nitrogens with one attached hydrogen (secondary N) is 1. The van der Waals surface area contributed by atoms with Crippen LogP contribution in [0.4, 0.5) is 11.4 Å². The minimum Gasteiger partial charge on any atom is -0.490 e. The molecule has 1 heterocycles. The first-order chi connectivity index (χ1) is 15.6. The number of benzene rings is 2. The van der Waals surface area contributed by atoms with Gasteiger partial charge in [0.1, 0.15) is 11.9 Å². The Morgan fingerprint density at radius 1 is 1.16 bits per heavy atom. The molecule has 1 aliphatic carbocycles. The second kappa shape index (κ2) is 10.2. The van der Waals surface area contributed by atoms with Crippen LogP contribution in [0.3, 0.4) is 0 Å². The van der Waals surface area contributed by atoms with Crippen LogP contribution in [0, 0.1) is 12.5 Å². The molecule has 4 rings (SSSR count). The summed E-state index contributed by atoms with van der Waals surface area (Å²) in [5.41, 5.74) is 2.19. The van der Waals surface area contributed by atoms with Crippen molar-refractivity contribution in [1.29, 1.82) is 0 Å². The Bertz CT molecular complexity index is 981.